The van der Waals surface area contributed by atoms with E-state index in [0.29, 0.717) is 6.54 Å². The number of hydrogen-bond acceptors (Lipinski definition) is 2. The molecule has 12 heavy (non-hydrogen) atoms. The zero-order chi connectivity index (χ0) is 8.20. The van der Waals surface area contributed by atoms with Crippen LogP contribution in [0.2, 0.25) is 1.41 Å². The van der Waals surface area contributed by atoms with Gasteiger partial charge in [0.1, 0.15) is 1.41 Å². The van der Waals surface area contributed by atoms with Crippen LogP contribution in [0.3, 0.4) is 0 Å². The fourth-order valence-corrected chi connectivity index (χ4v) is 0.311. The Morgan fingerprint density at radius 3 is 2.00 bits per heavy atom. The van der Waals surface area contributed by atoms with Gasteiger partial charge >= 0.3 is 0 Å². The van der Waals surface area contributed by atoms with Crippen molar-refractivity contribution in [3.63, 3.8) is 0 Å². The van der Waals surface area contributed by atoms with E-state index in [1.165, 1.54) is 11.9 Å². The van der Waals surface area contributed by atoms with Gasteiger partial charge in [0.15, 0.2) is 1.43 Å². The van der Waals surface area contributed by atoms with Gasteiger partial charge in [0.05, 0.1) is 0 Å². The Bertz CT molecular complexity index is 104. The summed E-state index contributed by atoms with van der Waals surface area (Å²) in [6, 6.07) is 0. The number of aliphatic hydroxyl groups excluding tert-OH is 1. The van der Waals surface area contributed by atoms with Crippen LogP contribution in [0.1, 0.15) is 22.2 Å². The van der Waals surface area contributed by atoms with Crippen LogP contribution in [-0.2, 0) is 131 Å². The summed E-state index contributed by atoms with van der Waals surface area (Å²) in [6.45, 7) is 7.42. The molecule has 6 heteroatoms. The molecule has 0 rings (SSSR count). The molecule has 2 N–H and O–H groups in total. The van der Waals surface area contributed by atoms with Crippen molar-refractivity contribution in [3.05, 3.63) is 6.61 Å². The van der Waals surface area contributed by atoms with Crippen molar-refractivity contribution in [2.24, 2.45) is 0 Å². The number of nitrogens with one attached hydrogen (secondary N) is 1. The molecule has 0 fully saturated rings. The molecular formula is C6H14NOY4-. The quantitative estimate of drug-likeness (QED) is 0.597. The summed E-state index contributed by atoms with van der Waals surface area (Å²) in [7, 11) is 0. The summed E-state index contributed by atoms with van der Waals surface area (Å²) in [4.78, 5) is 0. The van der Waals surface area contributed by atoms with Gasteiger partial charge in [-0.15, -0.1) is 6.54 Å². The molecule has 0 saturated carbocycles. The minimum absolute atomic E-state index is 0. The van der Waals surface area contributed by atoms with Crippen molar-refractivity contribution in [2.75, 3.05) is 6.54 Å². The molecule has 0 aromatic heterocycles. The summed E-state index contributed by atoms with van der Waals surface area (Å²) in [6.07, 6.45) is 0. The second-order valence-electron chi connectivity index (χ2n) is 2.68. The zero-order valence-corrected chi connectivity index (χ0v) is 19.3. The molecule has 0 aliphatic heterocycles. The molecule has 0 heterocycles. The van der Waals surface area contributed by atoms with Crippen LogP contribution in [0, 0.1) is 6.61 Å². The number of rotatable bonds is 3. The van der Waals surface area contributed by atoms with E-state index in [1.54, 1.807) is 0 Å². The van der Waals surface area contributed by atoms with Crippen LogP contribution in [0.4, 0.5) is 0 Å². The van der Waals surface area contributed by atoms with Crippen LogP contribution >= 0.6 is 0 Å². The van der Waals surface area contributed by atoms with Gasteiger partial charge in [0.25, 0.3) is 0 Å². The fourth-order valence-electron chi connectivity index (χ4n) is 0.311. The topological polar surface area (TPSA) is 32.3 Å². The van der Waals surface area contributed by atoms with Crippen molar-refractivity contribution in [1.82, 2.24) is 5.31 Å². The maximum atomic E-state index is 7.37. The monoisotopic (exact) mass is 474 g/mol. The van der Waals surface area contributed by atoms with Gasteiger partial charge < -0.3 is 10.4 Å². The van der Waals surface area contributed by atoms with Crippen molar-refractivity contribution < 1.29 is 139 Å². The molecule has 0 saturated heterocycles. The molecule has 0 aliphatic rings. The largest absolute Gasteiger partial charge is 0.565 e. The normalized spacial score (nSPS) is 10.7. The number of aliphatic hydroxyl groups is 1. The first kappa shape index (κ1) is 21.6. The Kier molecular flexibility index (Phi) is 31.9. The molecule has 0 spiro atoms. The summed E-state index contributed by atoms with van der Waals surface area (Å²) in [5, 5.41) is 5.32. The SMILES string of the molecule is [2H]O[CH-]CN([2H])C(C)(C)C.[Y].[Y].[Y].[Y]. The predicted molar refractivity (Wildman–Crippen MR) is 34.0 cm³/mol. The third-order valence-electron chi connectivity index (χ3n) is 0.640. The minimum atomic E-state index is -0.185. The molecule has 4 radical (unpaired) electrons. The molecule has 0 unspecified atom stereocenters. The Morgan fingerprint density at radius 2 is 1.75 bits per heavy atom. The van der Waals surface area contributed by atoms with E-state index >= 15 is 0 Å². The van der Waals surface area contributed by atoms with Crippen molar-refractivity contribution in [3.8, 4) is 0 Å². The molecule has 0 amide bonds. The molecule has 0 bridgehead atoms. The van der Waals surface area contributed by atoms with Gasteiger partial charge in [-0.1, -0.05) is 0 Å². The summed E-state index contributed by atoms with van der Waals surface area (Å²) in [5.74, 6) is 0. The fraction of sp³-hybridized carbons (Fsp3) is 0.833. The standard InChI is InChI=1S/C6H14NO.4Y/c1-6(2,3)7-4-5-8;;;;/h5,7-8H,4H2,1-3H3;;;;/q-1;;;;/i8D;;;;/hD. The van der Waals surface area contributed by atoms with Crippen LogP contribution in [0.25, 0.3) is 0 Å². The Balaban J connectivity index is -0.0000000675. The van der Waals surface area contributed by atoms with Gasteiger partial charge in [-0.05, 0) is 20.8 Å². The average molecular weight is 474 g/mol. The number of hydrogen-bond donors (Lipinski definition) is 2. The molecule has 0 atom stereocenters. The predicted octanol–water partition coefficient (Wildman–Crippen LogP) is 0.899. The van der Waals surface area contributed by atoms with E-state index in [-0.39, 0.29) is 136 Å². The summed E-state index contributed by atoms with van der Waals surface area (Å²) >= 11 is 0. The third kappa shape index (κ3) is 29.3. The minimum Gasteiger partial charge on any atom is -0.565 e. The van der Waals surface area contributed by atoms with Crippen LogP contribution in [-0.4, -0.2) is 17.2 Å². The van der Waals surface area contributed by atoms with Crippen molar-refractivity contribution >= 4 is 0 Å². The summed E-state index contributed by atoms with van der Waals surface area (Å²) < 4.78 is 13.7. The molecule has 0 aromatic rings. The Morgan fingerprint density at radius 1 is 1.33 bits per heavy atom. The van der Waals surface area contributed by atoms with Crippen molar-refractivity contribution in [1.29, 1.82) is 0 Å². The van der Waals surface area contributed by atoms with E-state index in [9.17, 15) is 0 Å². The van der Waals surface area contributed by atoms with Crippen molar-refractivity contribution in [2.45, 2.75) is 26.3 Å². The Hall–Kier alpha value is 4.34. The molecular weight excluding hydrogens is 458 g/mol. The smallest absolute Gasteiger partial charge is 0.164 e. The van der Waals surface area contributed by atoms with E-state index in [4.69, 9.17) is 2.84 Å². The van der Waals surface area contributed by atoms with Gasteiger partial charge in [0.2, 0.25) is 0 Å². The van der Waals surface area contributed by atoms with E-state index in [1.807, 2.05) is 20.8 Å². The van der Waals surface area contributed by atoms with Gasteiger partial charge in [-0.2, -0.15) is 0 Å². The maximum absolute atomic E-state index is 7.37. The first-order chi connectivity index (χ1) is 4.48. The zero-order valence-electron chi connectivity index (χ0n) is 9.95. The molecule has 62 valence electrons. The molecule has 0 aromatic carbocycles. The second kappa shape index (κ2) is 17.7. The van der Waals surface area contributed by atoms with Gasteiger partial charge in [-0.3, -0.25) is 0 Å². The van der Waals surface area contributed by atoms with E-state index in [2.05, 4.69) is 5.11 Å². The molecule has 2 nitrogen and oxygen atoms in total. The van der Waals surface area contributed by atoms with Crippen LogP contribution in [0.5, 0.6) is 0 Å². The second-order valence-corrected chi connectivity index (χ2v) is 2.68. The Labute approximate surface area is 179 Å². The van der Waals surface area contributed by atoms with E-state index < -0.39 is 0 Å². The first-order valence-electron chi connectivity index (χ1n) is 3.54. The third-order valence-corrected chi connectivity index (χ3v) is 0.640. The van der Waals surface area contributed by atoms with Gasteiger partial charge in [0, 0.05) is 136 Å². The van der Waals surface area contributed by atoms with Crippen LogP contribution in [0.15, 0.2) is 0 Å². The maximum Gasteiger partial charge on any atom is 0.164 e. The average Bonchev–Trinajstić information content (AvgIpc) is 1.80. The summed E-state index contributed by atoms with van der Waals surface area (Å²) in [5.41, 5.74) is -0.185. The van der Waals surface area contributed by atoms with E-state index in [0.717, 1.165) is 0 Å². The van der Waals surface area contributed by atoms with Gasteiger partial charge in [-0.25, -0.2) is 6.61 Å². The first-order valence-corrected chi connectivity index (χ1v) is 2.68. The van der Waals surface area contributed by atoms with Crippen LogP contribution < -0.4 is 5.31 Å². The molecule has 0 aliphatic carbocycles.